The fourth-order valence-electron chi connectivity index (χ4n) is 1.78. The molecule has 1 saturated heterocycles. The first kappa shape index (κ1) is 13.2. The molecule has 1 rings (SSSR count). The number of hydrogen-bond donors (Lipinski definition) is 2. The van der Waals surface area contributed by atoms with Crippen LogP contribution in [-0.2, 0) is 4.79 Å². The van der Waals surface area contributed by atoms with Crippen LogP contribution in [0.25, 0.3) is 0 Å². The largest absolute Gasteiger partial charge is 0.480 e. The van der Waals surface area contributed by atoms with Gasteiger partial charge in [0.2, 0.25) is 0 Å². The molecular formula is C10H18N2O3S. The van der Waals surface area contributed by atoms with Crippen molar-refractivity contribution in [2.45, 2.75) is 25.3 Å². The van der Waals surface area contributed by atoms with Crippen LogP contribution in [-0.4, -0.2) is 53.1 Å². The standard InChI is InChI=1S/C10H18N2O3S/c1-16-7-3-5-11-10(15)12-6-2-4-8(12)9(13)14/h8H,2-7H2,1H3,(H,11,15)(H,13,14)/t8-/m1/s1. The minimum atomic E-state index is -0.906. The van der Waals surface area contributed by atoms with Gasteiger partial charge in [0.05, 0.1) is 0 Å². The van der Waals surface area contributed by atoms with Gasteiger partial charge in [-0.3, -0.25) is 0 Å². The zero-order chi connectivity index (χ0) is 12.0. The number of aliphatic carboxylic acids is 1. The Balaban J connectivity index is 2.32. The van der Waals surface area contributed by atoms with E-state index < -0.39 is 12.0 Å². The molecule has 0 spiro atoms. The Kier molecular flexibility index (Phi) is 5.45. The predicted molar refractivity (Wildman–Crippen MR) is 63.8 cm³/mol. The summed E-state index contributed by atoms with van der Waals surface area (Å²) >= 11 is 1.73. The van der Waals surface area contributed by atoms with E-state index >= 15 is 0 Å². The molecule has 1 atom stereocenters. The Labute approximate surface area is 99.6 Å². The third-order valence-electron chi connectivity index (χ3n) is 2.60. The van der Waals surface area contributed by atoms with E-state index in [1.807, 2.05) is 6.26 Å². The summed E-state index contributed by atoms with van der Waals surface area (Å²) in [5.74, 6) is 0.0968. The maximum atomic E-state index is 11.7. The van der Waals surface area contributed by atoms with Crippen molar-refractivity contribution in [1.29, 1.82) is 0 Å². The Bertz CT molecular complexity index is 260. The molecule has 1 fully saturated rings. The Morgan fingerprint density at radius 2 is 2.31 bits per heavy atom. The quantitative estimate of drug-likeness (QED) is 0.710. The average molecular weight is 246 g/mol. The van der Waals surface area contributed by atoms with E-state index in [0.717, 1.165) is 18.6 Å². The summed E-state index contributed by atoms with van der Waals surface area (Å²) in [4.78, 5) is 24.0. The molecule has 0 radical (unpaired) electrons. The number of nitrogens with zero attached hydrogens (tertiary/aromatic N) is 1. The van der Waals surface area contributed by atoms with Crippen molar-refractivity contribution < 1.29 is 14.7 Å². The molecule has 0 bridgehead atoms. The molecule has 2 N–H and O–H groups in total. The van der Waals surface area contributed by atoms with Crippen molar-refractivity contribution in [2.24, 2.45) is 0 Å². The molecule has 1 heterocycles. The number of urea groups is 1. The van der Waals surface area contributed by atoms with Crippen molar-refractivity contribution in [2.75, 3.05) is 25.1 Å². The maximum absolute atomic E-state index is 11.7. The van der Waals surface area contributed by atoms with Crippen molar-refractivity contribution in [3.05, 3.63) is 0 Å². The van der Waals surface area contributed by atoms with E-state index in [-0.39, 0.29) is 6.03 Å². The zero-order valence-electron chi connectivity index (χ0n) is 9.44. The van der Waals surface area contributed by atoms with Gasteiger partial charge in [0.15, 0.2) is 0 Å². The lowest BCUT2D eigenvalue weighted by atomic mass is 10.2. The number of likely N-dealkylation sites (tertiary alicyclic amines) is 1. The summed E-state index contributed by atoms with van der Waals surface area (Å²) in [7, 11) is 0. The summed E-state index contributed by atoms with van der Waals surface area (Å²) in [6.07, 6.45) is 4.27. The second kappa shape index (κ2) is 6.62. The lowest BCUT2D eigenvalue weighted by Gasteiger charge is -2.21. The first-order valence-electron chi connectivity index (χ1n) is 5.43. The van der Waals surface area contributed by atoms with Gasteiger partial charge in [-0.1, -0.05) is 0 Å². The highest BCUT2D eigenvalue weighted by Gasteiger charge is 2.33. The van der Waals surface area contributed by atoms with E-state index in [1.54, 1.807) is 11.8 Å². The lowest BCUT2D eigenvalue weighted by Crippen LogP contribution is -2.46. The monoisotopic (exact) mass is 246 g/mol. The summed E-state index contributed by atoms with van der Waals surface area (Å²) < 4.78 is 0. The van der Waals surface area contributed by atoms with Crippen LogP contribution in [0.2, 0.25) is 0 Å². The van der Waals surface area contributed by atoms with Gasteiger partial charge in [-0.15, -0.1) is 0 Å². The van der Waals surface area contributed by atoms with Crippen molar-refractivity contribution in [1.82, 2.24) is 10.2 Å². The minimum Gasteiger partial charge on any atom is -0.480 e. The van der Waals surface area contributed by atoms with Crippen LogP contribution < -0.4 is 5.32 Å². The minimum absolute atomic E-state index is 0.244. The molecule has 2 amide bonds. The molecule has 5 nitrogen and oxygen atoms in total. The number of amides is 2. The van der Waals surface area contributed by atoms with Gasteiger partial charge in [-0.05, 0) is 31.3 Å². The van der Waals surface area contributed by atoms with Crippen LogP contribution >= 0.6 is 11.8 Å². The molecule has 92 valence electrons. The molecule has 0 unspecified atom stereocenters. The fraction of sp³-hybridized carbons (Fsp3) is 0.800. The summed E-state index contributed by atoms with van der Waals surface area (Å²) in [5.41, 5.74) is 0. The van der Waals surface area contributed by atoms with E-state index in [1.165, 1.54) is 4.90 Å². The van der Waals surface area contributed by atoms with Crippen LogP contribution in [0.4, 0.5) is 4.79 Å². The van der Waals surface area contributed by atoms with Gasteiger partial charge in [0.25, 0.3) is 0 Å². The SMILES string of the molecule is CSCCCNC(=O)N1CCC[C@@H]1C(=O)O. The third-order valence-corrected chi connectivity index (χ3v) is 3.30. The first-order valence-corrected chi connectivity index (χ1v) is 6.82. The number of nitrogens with one attached hydrogen (secondary N) is 1. The highest BCUT2D eigenvalue weighted by molar-refractivity contribution is 7.98. The highest BCUT2D eigenvalue weighted by Crippen LogP contribution is 2.17. The van der Waals surface area contributed by atoms with Crippen LogP contribution in [0.3, 0.4) is 0 Å². The first-order chi connectivity index (χ1) is 7.66. The Morgan fingerprint density at radius 1 is 1.56 bits per heavy atom. The number of carbonyl (C=O) groups is 2. The molecule has 1 aliphatic rings. The Morgan fingerprint density at radius 3 is 2.94 bits per heavy atom. The summed E-state index contributed by atoms with van der Waals surface area (Å²) in [5, 5.41) is 11.7. The second-order valence-corrected chi connectivity index (χ2v) is 4.75. The number of rotatable bonds is 5. The van der Waals surface area contributed by atoms with Gasteiger partial charge in [0, 0.05) is 13.1 Å². The Hall–Kier alpha value is -0.910. The molecule has 0 saturated carbocycles. The van der Waals surface area contributed by atoms with Crippen molar-refractivity contribution in [3.8, 4) is 0 Å². The molecule has 0 aromatic carbocycles. The highest BCUT2D eigenvalue weighted by atomic mass is 32.2. The van der Waals surface area contributed by atoms with E-state index in [2.05, 4.69) is 5.32 Å². The summed E-state index contributed by atoms with van der Waals surface area (Å²) in [6.45, 7) is 1.16. The van der Waals surface area contributed by atoms with Crippen molar-refractivity contribution >= 4 is 23.8 Å². The number of thioether (sulfide) groups is 1. The average Bonchev–Trinajstić information content (AvgIpc) is 2.73. The maximum Gasteiger partial charge on any atom is 0.326 e. The lowest BCUT2D eigenvalue weighted by molar-refractivity contribution is -0.141. The van der Waals surface area contributed by atoms with E-state index in [0.29, 0.717) is 19.5 Å². The van der Waals surface area contributed by atoms with E-state index in [9.17, 15) is 9.59 Å². The fourth-order valence-corrected chi connectivity index (χ4v) is 2.21. The van der Waals surface area contributed by atoms with Crippen LogP contribution in [0.5, 0.6) is 0 Å². The summed E-state index contributed by atoms with van der Waals surface area (Å²) in [6, 6.07) is -0.883. The molecule has 6 heteroatoms. The number of carbonyl (C=O) groups excluding carboxylic acids is 1. The molecule has 1 aliphatic heterocycles. The number of hydrogen-bond acceptors (Lipinski definition) is 3. The van der Waals surface area contributed by atoms with Gasteiger partial charge in [-0.2, -0.15) is 11.8 Å². The number of carboxylic acids is 1. The topological polar surface area (TPSA) is 69.6 Å². The van der Waals surface area contributed by atoms with E-state index in [4.69, 9.17) is 5.11 Å². The van der Waals surface area contributed by atoms with Gasteiger partial charge >= 0.3 is 12.0 Å². The third kappa shape index (κ3) is 3.59. The molecular weight excluding hydrogens is 228 g/mol. The zero-order valence-corrected chi connectivity index (χ0v) is 10.3. The predicted octanol–water partition coefficient (Wildman–Crippen LogP) is 0.998. The molecule has 16 heavy (non-hydrogen) atoms. The van der Waals surface area contributed by atoms with Crippen molar-refractivity contribution in [3.63, 3.8) is 0 Å². The van der Waals surface area contributed by atoms with Gasteiger partial charge in [0.1, 0.15) is 6.04 Å². The van der Waals surface area contributed by atoms with Gasteiger partial charge in [-0.25, -0.2) is 9.59 Å². The van der Waals surface area contributed by atoms with Crippen LogP contribution in [0.15, 0.2) is 0 Å². The molecule has 0 aromatic rings. The molecule has 0 aromatic heterocycles. The second-order valence-electron chi connectivity index (χ2n) is 3.77. The van der Waals surface area contributed by atoms with Gasteiger partial charge < -0.3 is 15.3 Å². The molecule has 0 aliphatic carbocycles. The van der Waals surface area contributed by atoms with Crippen LogP contribution in [0, 0.1) is 0 Å². The normalized spacial score (nSPS) is 19.8. The number of carboxylic acid groups (broad SMARTS) is 1. The van der Waals surface area contributed by atoms with Crippen LogP contribution in [0.1, 0.15) is 19.3 Å². The smallest absolute Gasteiger partial charge is 0.326 e.